The van der Waals surface area contributed by atoms with Crippen molar-refractivity contribution in [2.45, 2.75) is 0 Å². The highest BCUT2D eigenvalue weighted by Gasteiger charge is 2.16. The molecule has 0 unspecified atom stereocenters. The summed E-state index contributed by atoms with van der Waals surface area (Å²) in [5.74, 6) is 1.43. The monoisotopic (exact) mass is 274 g/mol. The highest BCUT2D eigenvalue weighted by Crippen LogP contribution is 2.34. The molecule has 4 rings (SSSR count). The molecule has 1 aromatic carbocycles. The standard InChI is InChI=1S/C12H7ClN4O2/c13-11-8-4-16-17(12(8)15-5-14-11)7-1-2-9-10(3-7)19-6-18-9/h1-5H,6H2. The lowest BCUT2D eigenvalue weighted by Gasteiger charge is -2.04. The van der Waals surface area contributed by atoms with Gasteiger partial charge in [0.05, 0.1) is 17.3 Å². The number of hydrogen-bond acceptors (Lipinski definition) is 5. The molecule has 0 saturated carbocycles. The molecule has 0 N–H and O–H groups in total. The molecule has 19 heavy (non-hydrogen) atoms. The van der Waals surface area contributed by atoms with Gasteiger partial charge in [0, 0.05) is 6.07 Å². The molecular weight excluding hydrogens is 268 g/mol. The minimum atomic E-state index is 0.243. The number of ether oxygens (including phenoxy) is 2. The minimum absolute atomic E-state index is 0.243. The lowest BCUT2D eigenvalue weighted by Crippen LogP contribution is -1.97. The van der Waals surface area contributed by atoms with E-state index in [0.29, 0.717) is 21.9 Å². The smallest absolute Gasteiger partial charge is 0.231 e. The summed E-state index contributed by atoms with van der Waals surface area (Å²) in [6, 6.07) is 5.58. The first kappa shape index (κ1) is 10.6. The van der Waals surface area contributed by atoms with Gasteiger partial charge in [-0.2, -0.15) is 5.10 Å². The van der Waals surface area contributed by atoms with Gasteiger partial charge in [0.2, 0.25) is 6.79 Å². The first-order chi connectivity index (χ1) is 9.33. The summed E-state index contributed by atoms with van der Waals surface area (Å²) < 4.78 is 12.3. The molecule has 94 valence electrons. The number of nitrogens with zero attached hydrogens (tertiary/aromatic N) is 4. The van der Waals surface area contributed by atoms with Crippen molar-refractivity contribution < 1.29 is 9.47 Å². The summed E-state index contributed by atoms with van der Waals surface area (Å²) in [6.07, 6.45) is 3.05. The molecule has 0 saturated heterocycles. The van der Waals surface area contributed by atoms with Crippen molar-refractivity contribution in [2.24, 2.45) is 0 Å². The maximum Gasteiger partial charge on any atom is 0.231 e. The van der Waals surface area contributed by atoms with Gasteiger partial charge in [-0.1, -0.05) is 11.6 Å². The number of halogens is 1. The van der Waals surface area contributed by atoms with Crippen LogP contribution in [0.3, 0.4) is 0 Å². The molecule has 2 aromatic heterocycles. The zero-order chi connectivity index (χ0) is 12.8. The molecule has 0 spiro atoms. The summed E-state index contributed by atoms with van der Waals surface area (Å²) in [4.78, 5) is 8.13. The minimum Gasteiger partial charge on any atom is -0.454 e. The third-order valence-corrected chi connectivity index (χ3v) is 3.22. The number of benzene rings is 1. The second kappa shape index (κ2) is 3.83. The van der Waals surface area contributed by atoms with Crippen molar-refractivity contribution in [1.82, 2.24) is 19.7 Å². The Hall–Kier alpha value is -2.34. The lowest BCUT2D eigenvalue weighted by molar-refractivity contribution is 0.174. The van der Waals surface area contributed by atoms with E-state index in [4.69, 9.17) is 21.1 Å². The third kappa shape index (κ3) is 1.53. The summed E-state index contributed by atoms with van der Waals surface area (Å²) in [5, 5.41) is 5.38. The van der Waals surface area contributed by atoms with Crippen molar-refractivity contribution in [1.29, 1.82) is 0 Å². The fourth-order valence-electron chi connectivity index (χ4n) is 2.02. The van der Waals surface area contributed by atoms with Gasteiger partial charge < -0.3 is 9.47 Å². The Kier molecular flexibility index (Phi) is 2.13. The topological polar surface area (TPSA) is 62.1 Å². The third-order valence-electron chi connectivity index (χ3n) is 2.92. The van der Waals surface area contributed by atoms with E-state index in [-0.39, 0.29) is 6.79 Å². The number of hydrogen-bond donors (Lipinski definition) is 0. The number of aromatic nitrogens is 4. The average Bonchev–Trinajstić information content (AvgIpc) is 3.04. The lowest BCUT2D eigenvalue weighted by atomic mass is 10.3. The van der Waals surface area contributed by atoms with Crippen LogP contribution in [0.4, 0.5) is 0 Å². The van der Waals surface area contributed by atoms with Gasteiger partial charge in [-0.05, 0) is 12.1 Å². The molecule has 3 aromatic rings. The van der Waals surface area contributed by atoms with Crippen LogP contribution in [0.2, 0.25) is 5.15 Å². The summed E-state index contributed by atoms with van der Waals surface area (Å²) >= 11 is 6.00. The number of fused-ring (bicyclic) bond motifs is 2. The van der Waals surface area contributed by atoms with E-state index < -0.39 is 0 Å². The maximum absolute atomic E-state index is 6.00. The Bertz CT molecular complexity index is 786. The van der Waals surface area contributed by atoms with Crippen molar-refractivity contribution in [3.63, 3.8) is 0 Å². The van der Waals surface area contributed by atoms with E-state index in [1.54, 1.807) is 10.9 Å². The van der Waals surface area contributed by atoms with Gasteiger partial charge in [0.25, 0.3) is 0 Å². The Balaban J connectivity index is 1.93. The van der Waals surface area contributed by atoms with Crippen molar-refractivity contribution in [3.05, 3.63) is 35.9 Å². The molecule has 0 bridgehead atoms. The van der Waals surface area contributed by atoms with E-state index in [9.17, 15) is 0 Å². The van der Waals surface area contributed by atoms with Crippen LogP contribution >= 0.6 is 11.6 Å². The van der Waals surface area contributed by atoms with E-state index in [2.05, 4.69) is 15.1 Å². The quantitative estimate of drug-likeness (QED) is 0.637. The largest absolute Gasteiger partial charge is 0.454 e. The predicted octanol–water partition coefficient (Wildman–Crippen LogP) is 2.20. The molecule has 7 heteroatoms. The zero-order valence-electron chi connectivity index (χ0n) is 9.58. The molecule has 0 fully saturated rings. The Morgan fingerprint density at radius 1 is 1.16 bits per heavy atom. The summed E-state index contributed by atoms with van der Waals surface area (Å²) in [5.41, 5.74) is 1.48. The van der Waals surface area contributed by atoms with Crippen LogP contribution in [0.15, 0.2) is 30.7 Å². The Morgan fingerprint density at radius 2 is 2.05 bits per heavy atom. The van der Waals surface area contributed by atoms with Gasteiger partial charge in [0.1, 0.15) is 11.5 Å². The average molecular weight is 275 g/mol. The van der Waals surface area contributed by atoms with E-state index >= 15 is 0 Å². The molecule has 0 aliphatic carbocycles. The van der Waals surface area contributed by atoms with Gasteiger partial charge in [-0.3, -0.25) is 0 Å². The highest BCUT2D eigenvalue weighted by molar-refractivity contribution is 6.33. The molecular formula is C12H7ClN4O2. The highest BCUT2D eigenvalue weighted by atomic mass is 35.5. The SMILES string of the molecule is Clc1ncnc2c1cnn2-c1ccc2c(c1)OCO2. The molecule has 3 heterocycles. The Morgan fingerprint density at radius 3 is 3.00 bits per heavy atom. The second-order valence-corrected chi connectivity index (χ2v) is 4.35. The maximum atomic E-state index is 6.00. The van der Waals surface area contributed by atoms with Gasteiger partial charge in [-0.15, -0.1) is 0 Å². The van der Waals surface area contributed by atoms with Gasteiger partial charge in [-0.25, -0.2) is 14.6 Å². The Labute approximate surface area is 112 Å². The number of rotatable bonds is 1. The fraction of sp³-hybridized carbons (Fsp3) is 0.0833. The summed E-state index contributed by atoms with van der Waals surface area (Å²) in [7, 11) is 0. The van der Waals surface area contributed by atoms with Crippen LogP contribution in [0, 0.1) is 0 Å². The molecule has 0 atom stereocenters. The van der Waals surface area contributed by atoms with Gasteiger partial charge >= 0.3 is 0 Å². The molecule has 0 radical (unpaired) electrons. The van der Waals surface area contributed by atoms with Crippen molar-refractivity contribution in [2.75, 3.05) is 6.79 Å². The molecule has 0 amide bonds. The first-order valence-corrected chi connectivity index (χ1v) is 5.95. The van der Waals surface area contributed by atoms with Crippen molar-refractivity contribution >= 4 is 22.6 Å². The van der Waals surface area contributed by atoms with E-state index in [0.717, 1.165) is 11.4 Å². The normalized spacial score (nSPS) is 13.1. The molecule has 1 aliphatic rings. The van der Waals surface area contributed by atoms with Crippen LogP contribution in [0.5, 0.6) is 11.5 Å². The van der Waals surface area contributed by atoms with Crippen LogP contribution in [-0.2, 0) is 0 Å². The second-order valence-electron chi connectivity index (χ2n) is 4.00. The van der Waals surface area contributed by atoms with Crippen LogP contribution in [0.25, 0.3) is 16.7 Å². The van der Waals surface area contributed by atoms with Gasteiger partial charge in [0.15, 0.2) is 17.1 Å². The molecule has 1 aliphatic heterocycles. The van der Waals surface area contributed by atoms with Crippen LogP contribution in [-0.4, -0.2) is 26.5 Å². The fourth-order valence-corrected chi connectivity index (χ4v) is 2.20. The van der Waals surface area contributed by atoms with Crippen LogP contribution in [0.1, 0.15) is 0 Å². The van der Waals surface area contributed by atoms with Crippen LogP contribution < -0.4 is 9.47 Å². The van der Waals surface area contributed by atoms with E-state index in [1.165, 1.54) is 6.33 Å². The van der Waals surface area contributed by atoms with Crippen molar-refractivity contribution in [3.8, 4) is 17.2 Å². The molecule has 6 nitrogen and oxygen atoms in total. The zero-order valence-corrected chi connectivity index (χ0v) is 10.3. The predicted molar refractivity (Wildman–Crippen MR) is 67.8 cm³/mol. The van der Waals surface area contributed by atoms with E-state index in [1.807, 2.05) is 18.2 Å². The summed E-state index contributed by atoms with van der Waals surface area (Å²) in [6.45, 7) is 0.243. The first-order valence-electron chi connectivity index (χ1n) is 5.57.